The smallest absolute Gasteiger partial charge is 0.463 e. The van der Waals surface area contributed by atoms with Gasteiger partial charge in [-0.15, -0.1) is 0 Å². The van der Waals surface area contributed by atoms with E-state index < -0.39 is 43.3 Å². The van der Waals surface area contributed by atoms with Gasteiger partial charge in [0.25, 0.3) is 0 Å². The second-order valence-corrected chi connectivity index (χ2v) is 7.80. The molecule has 0 bridgehead atoms. The topological polar surface area (TPSA) is 116 Å². The standard InChI is InChI=1S/C7H10F3NO7S2/c1-6(2)3-17-5(12)4(6)18-20(15,16)11-19(13,14)7(8,9)10/h4,11H,3H2,1-2H3. The van der Waals surface area contributed by atoms with Crippen molar-refractivity contribution in [3.63, 3.8) is 0 Å². The van der Waals surface area contributed by atoms with Crippen molar-refractivity contribution >= 4 is 26.3 Å². The molecule has 0 saturated carbocycles. The van der Waals surface area contributed by atoms with E-state index in [1.54, 1.807) is 0 Å². The lowest BCUT2D eigenvalue weighted by Gasteiger charge is -2.21. The zero-order valence-electron chi connectivity index (χ0n) is 10.1. The van der Waals surface area contributed by atoms with Crippen molar-refractivity contribution in [2.75, 3.05) is 6.61 Å². The Morgan fingerprint density at radius 2 is 1.80 bits per heavy atom. The van der Waals surface area contributed by atoms with Crippen LogP contribution < -0.4 is 4.13 Å². The summed E-state index contributed by atoms with van der Waals surface area (Å²) in [6.07, 6.45) is -1.75. The summed E-state index contributed by atoms with van der Waals surface area (Å²) in [5, 5.41) is 0. The Morgan fingerprint density at radius 3 is 2.15 bits per heavy atom. The highest BCUT2D eigenvalue weighted by atomic mass is 32.3. The molecule has 0 spiro atoms. The molecule has 0 aliphatic carbocycles. The molecule has 0 aromatic heterocycles. The molecule has 0 aromatic rings. The van der Waals surface area contributed by atoms with Crippen LogP contribution in [0.25, 0.3) is 0 Å². The SMILES string of the molecule is CC1(C)COC(=O)C1OS(=O)(=O)NS(=O)(=O)C(F)(F)F. The number of cyclic esters (lactones) is 1. The minimum Gasteiger partial charge on any atom is -0.463 e. The van der Waals surface area contributed by atoms with E-state index in [-0.39, 0.29) is 6.61 Å². The van der Waals surface area contributed by atoms with Gasteiger partial charge in [-0.1, -0.05) is 18.0 Å². The first-order valence-electron chi connectivity index (χ1n) is 4.88. The first kappa shape index (κ1) is 17.1. The van der Waals surface area contributed by atoms with Crippen molar-refractivity contribution in [3.8, 4) is 0 Å². The molecule has 1 aliphatic rings. The summed E-state index contributed by atoms with van der Waals surface area (Å²) < 4.78 is 89.0. The number of halogens is 3. The second kappa shape index (κ2) is 4.82. The number of carbonyl (C=O) groups is 1. The lowest BCUT2D eigenvalue weighted by atomic mass is 9.90. The molecule has 1 rings (SSSR count). The van der Waals surface area contributed by atoms with Crippen molar-refractivity contribution in [3.05, 3.63) is 0 Å². The summed E-state index contributed by atoms with van der Waals surface area (Å²) >= 11 is 0. The summed E-state index contributed by atoms with van der Waals surface area (Å²) in [7, 11) is -11.5. The van der Waals surface area contributed by atoms with Crippen LogP contribution in [0.4, 0.5) is 13.2 Å². The van der Waals surface area contributed by atoms with Crippen LogP contribution in [-0.2, 0) is 34.0 Å². The van der Waals surface area contributed by atoms with Gasteiger partial charge < -0.3 is 4.74 Å². The number of sulfonamides is 1. The van der Waals surface area contributed by atoms with E-state index in [0.717, 1.165) is 0 Å². The van der Waals surface area contributed by atoms with Crippen molar-refractivity contribution in [1.29, 1.82) is 0 Å². The first-order chi connectivity index (χ1) is 8.68. The highest BCUT2D eigenvalue weighted by Crippen LogP contribution is 2.32. The molecule has 1 aliphatic heterocycles. The van der Waals surface area contributed by atoms with Crippen LogP contribution >= 0.6 is 0 Å². The van der Waals surface area contributed by atoms with Gasteiger partial charge in [0.2, 0.25) is 0 Å². The number of alkyl halides is 3. The molecule has 13 heteroatoms. The number of rotatable bonds is 4. The molecular formula is C7H10F3NO7S2. The van der Waals surface area contributed by atoms with E-state index in [1.165, 1.54) is 13.8 Å². The fraction of sp³-hybridized carbons (Fsp3) is 0.857. The average Bonchev–Trinajstić information content (AvgIpc) is 2.41. The van der Waals surface area contributed by atoms with Crippen LogP contribution in [0.5, 0.6) is 0 Å². The Bertz CT molecular complexity index is 607. The highest BCUT2D eigenvalue weighted by molar-refractivity contribution is 8.03. The van der Waals surface area contributed by atoms with Crippen LogP contribution in [0, 0.1) is 5.41 Å². The molecule has 1 N–H and O–H groups in total. The first-order valence-corrected chi connectivity index (χ1v) is 7.77. The summed E-state index contributed by atoms with van der Waals surface area (Å²) in [4.78, 5) is 11.2. The molecule has 0 amide bonds. The lowest BCUT2D eigenvalue weighted by Crippen LogP contribution is -2.44. The van der Waals surface area contributed by atoms with Gasteiger partial charge in [-0.2, -0.15) is 21.6 Å². The van der Waals surface area contributed by atoms with E-state index in [9.17, 15) is 34.8 Å². The van der Waals surface area contributed by atoms with Gasteiger partial charge in [0, 0.05) is 5.41 Å². The van der Waals surface area contributed by atoms with Crippen molar-refractivity contribution in [2.24, 2.45) is 5.41 Å². The van der Waals surface area contributed by atoms with Crippen LogP contribution in [0.2, 0.25) is 0 Å². The van der Waals surface area contributed by atoms with E-state index in [0.29, 0.717) is 4.13 Å². The monoisotopic (exact) mass is 341 g/mol. The third-order valence-corrected chi connectivity index (χ3v) is 5.00. The van der Waals surface area contributed by atoms with E-state index in [2.05, 4.69) is 8.92 Å². The zero-order chi connectivity index (χ0) is 16.0. The Balaban J connectivity index is 2.95. The third-order valence-electron chi connectivity index (χ3n) is 2.25. The average molecular weight is 341 g/mol. The number of nitrogens with one attached hydrogen (secondary N) is 1. The van der Waals surface area contributed by atoms with Crippen LogP contribution in [0.3, 0.4) is 0 Å². The number of esters is 1. The van der Waals surface area contributed by atoms with Crippen LogP contribution in [-0.4, -0.2) is 41.0 Å². The summed E-state index contributed by atoms with van der Waals surface area (Å²) in [5.41, 5.74) is -6.98. The molecular weight excluding hydrogens is 331 g/mol. The molecule has 20 heavy (non-hydrogen) atoms. The molecule has 0 aromatic carbocycles. The van der Waals surface area contributed by atoms with Crippen molar-refractivity contribution in [2.45, 2.75) is 25.5 Å². The highest BCUT2D eigenvalue weighted by Gasteiger charge is 2.51. The Labute approximate surface area is 112 Å². The van der Waals surface area contributed by atoms with Gasteiger partial charge in [0.1, 0.15) is 0 Å². The molecule has 1 fully saturated rings. The minimum absolute atomic E-state index is 0.224. The predicted molar refractivity (Wildman–Crippen MR) is 56.6 cm³/mol. The molecule has 8 nitrogen and oxygen atoms in total. The predicted octanol–water partition coefficient (Wildman–Crippen LogP) is -0.361. The third kappa shape index (κ3) is 3.59. The quantitative estimate of drug-likeness (QED) is 0.694. The molecule has 1 heterocycles. The maximum Gasteiger partial charge on any atom is 0.512 e. The molecule has 1 unspecified atom stereocenters. The minimum atomic E-state index is -6.17. The Morgan fingerprint density at radius 1 is 1.30 bits per heavy atom. The molecule has 118 valence electrons. The zero-order valence-corrected chi connectivity index (χ0v) is 11.7. The molecule has 1 atom stereocenters. The van der Waals surface area contributed by atoms with Crippen LogP contribution in [0.15, 0.2) is 0 Å². The fourth-order valence-corrected chi connectivity index (χ4v) is 3.43. The Hall–Kier alpha value is -0.920. The van der Waals surface area contributed by atoms with E-state index >= 15 is 0 Å². The van der Waals surface area contributed by atoms with Crippen molar-refractivity contribution in [1.82, 2.24) is 4.13 Å². The van der Waals surface area contributed by atoms with E-state index in [4.69, 9.17) is 0 Å². The Kier molecular flexibility index (Phi) is 4.13. The largest absolute Gasteiger partial charge is 0.512 e. The van der Waals surface area contributed by atoms with Gasteiger partial charge in [0.15, 0.2) is 6.10 Å². The van der Waals surface area contributed by atoms with Crippen molar-refractivity contribution < 1.29 is 43.7 Å². The van der Waals surface area contributed by atoms with E-state index in [1.807, 2.05) is 0 Å². The summed E-state index contributed by atoms with van der Waals surface area (Å²) in [6, 6.07) is 0. The lowest BCUT2D eigenvalue weighted by molar-refractivity contribution is -0.143. The van der Waals surface area contributed by atoms with Gasteiger partial charge in [0.05, 0.1) is 6.61 Å². The number of carbonyl (C=O) groups excluding carboxylic acids is 1. The maximum atomic E-state index is 12.0. The molecule has 1 saturated heterocycles. The number of hydrogen-bond donors (Lipinski definition) is 1. The summed E-state index contributed by atoms with van der Waals surface area (Å²) in [5.74, 6) is -1.12. The maximum absolute atomic E-state index is 12.0. The van der Waals surface area contributed by atoms with Gasteiger partial charge in [-0.3, -0.25) is 0 Å². The summed E-state index contributed by atoms with van der Waals surface area (Å²) in [6.45, 7) is 2.49. The van der Waals surface area contributed by atoms with Gasteiger partial charge in [-0.25, -0.2) is 17.4 Å². The second-order valence-electron chi connectivity index (χ2n) is 4.56. The number of ether oxygens (including phenoxy) is 1. The fourth-order valence-electron chi connectivity index (χ4n) is 1.23. The van der Waals surface area contributed by atoms with Gasteiger partial charge >= 0.3 is 31.8 Å². The van der Waals surface area contributed by atoms with Gasteiger partial charge in [-0.05, 0) is 0 Å². The number of hydrogen-bond acceptors (Lipinski definition) is 7. The molecule has 0 radical (unpaired) electrons. The normalized spacial score (nSPS) is 23.6. The van der Waals surface area contributed by atoms with Crippen LogP contribution in [0.1, 0.15) is 13.8 Å².